The maximum atomic E-state index is 13.2. The first-order chi connectivity index (χ1) is 20.0. The number of hydrogen-bond acceptors (Lipinski definition) is 7. The van der Waals surface area contributed by atoms with Gasteiger partial charge in [-0.3, -0.25) is 19.6 Å². The van der Waals surface area contributed by atoms with Crippen molar-refractivity contribution < 1.29 is 22.7 Å². The molecule has 0 unspecified atom stereocenters. The Morgan fingerprint density at radius 2 is 1.79 bits per heavy atom. The molecule has 0 amide bonds. The van der Waals surface area contributed by atoms with Gasteiger partial charge in [-0.2, -0.15) is 13.2 Å². The Morgan fingerprint density at radius 3 is 2.50 bits per heavy atom. The summed E-state index contributed by atoms with van der Waals surface area (Å²) in [6.07, 6.45) is -2.67. The van der Waals surface area contributed by atoms with Crippen molar-refractivity contribution in [2.75, 3.05) is 38.0 Å². The number of ketones is 1. The molecular formula is C30H32ClF3N6O2. The van der Waals surface area contributed by atoms with E-state index in [0.717, 1.165) is 43.8 Å². The van der Waals surface area contributed by atoms with Gasteiger partial charge < -0.3 is 14.6 Å². The number of benzene rings is 2. The zero-order valence-electron chi connectivity index (χ0n) is 23.6. The molecule has 222 valence electrons. The number of Topliss-reactive ketones (excluding diaryl/α,β-unsaturated/α-hetero) is 1. The van der Waals surface area contributed by atoms with Crippen molar-refractivity contribution in [1.29, 1.82) is 0 Å². The van der Waals surface area contributed by atoms with Gasteiger partial charge in [0.15, 0.2) is 5.78 Å². The maximum Gasteiger partial charge on any atom is 0.416 e. The van der Waals surface area contributed by atoms with Crippen molar-refractivity contribution in [2.24, 2.45) is 7.05 Å². The van der Waals surface area contributed by atoms with Crippen molar-refractivity contribution in [3.05, 3.63) is 71.0 Å². The number of carbonyl (C=O) groups is 1. The predicted octanol–water partition coefficient (Wildman–Crippen LogP) is 6.31. The fraction of sp³-hybridized carbons (Fsp3) is 0.367. The largest absolute Gasteiger partial charge is 0.457 e. The van der Waals surface area contributed by atoms with Crippen LogP contribution in [0, 0.1) is 0 Å². The van der Waals surface area contributed by atoms with Crippen LogP contribution in [0.15, 0.2) is 54.7 Å². The minimum Gasteiger partial charge on any atom is -0.457 e. The normalized spacial score (nSPS) is 15.0. The van der Waals surface area contributed by atoms with Crippen LogP contribution in [0.1, 0.15) is 25.1 Å². The molecule has 0 aliphatic carbocycles. The molecule has 2 aromatic carbocycles. The Labute approximate surface area is 247 Å². The highest BCUT2D eigenvalue weighted by molar-refractivity contribution is 6.33. The predicted molar refractivity (Wildman–Crippen MR) is 157 cm³/mol. The number of alkyl halides is 3. The fourth-order valence-electron chi connectivity index (χ4n) is 4.97. The Morgan fingerprint density at radius 1 is 1.05 bits per heavy atom. The van der Waals surface area contributed by atoms with Crippen LogP contribution in [0.5, 0.6) is 11.5 Å². The molecule has 2 aromatic heterocycles. The van der Waals surface area contributed by atoms with E-state index in [0.29, 0.717) is 41.2 Å². The van der Waals surface area contributed by atoms with Crippen LogP contribution in [0.25, 0.3) is 11.0 Å². The Bertz CT molecular complexity index is 1580. The second kappa shape index (κ2) is 12.3. The molecule has 0 radical (unpaired) electrons. The van der Waals surface area contributed by atoms with Gasteiger partial charge in [-0.15, -0.1) is 0 Å². The molecule has 1 aliphatic rings. The van der Waals surface area contributed by atoms with Crippen LogP contribution in [0.4, 0.5) is 24.8 Å². The summed E-state index contributed by atoms with van der Waals surface area (Å²) in [7, 11) is 1.75. The summed E-state index contributed by atoms with van der Waals surface area (Å²) in [6, 6.07) is 12.4. The third-order valence-corrected chi connectivity index (χ3v) is 7.66. The van der Waals surface area contributed by atoms with Gasteiger partial charge in [-0.25, -0.2) is 4.98 Å². The summed E-state index contributed by atoms with van der Waals surface area (Å²) in [5.41, 5.74) is 1.22. The monoisotopic (exact) mass is 600 g/mol. The lowest BCUT2D eigenvalue weighted by Crippen LogP contribution is -2.50. The number of imidazole rings is 1. The second-order valence-corrected chi connectivity index (χ2v) is 11.1. The lowest BCUT2D eigenvalue weighted by atomic mass is 10.1. The molecule has 0 spiro atoms. The van der Waals surface area contributed by atoms with E-state index in [9.17, 15) is 18.0 Å². The van der Waals surface area contributed by atoms with Crippen molar-refractivity contribution in [3.8, 4) is 11.5 Å². The van der Waals surface area contributed by atoms with Crippen LogP contribution in [0.2, 0.25) is 5.02 Å². The number of halogens is 4. The van der Waals surface area contributed by atoms with Gasteiger partial charge >= 0.3 is 6.18 Å². The number of anilines is 2. The van der Waals surface area contributed by atoms with Crippen LogP contribution in [-0.2, 0) is 24.4 Å². The highest BCUT2D eigenvalue weighted by atomic mass is 35.5. The molecule has 42 heavy (non-hydrogen) atoms. The highest BCUT2D eigenvalue weighted by Crippen LogP contribution is 2.35. The SMILES string of the molecule is CC(C)N1CCN(CC(=O)Cc2cc(Oc3ccc4c(c3)nc(Nc3cc(C(F)(F)F)ccc3Cl)n4C)ccn2)CC1. The van der Waals surface area contributed by atoms with Gasteiger partial charge in [0.1, 0.15) is 11.5 Å². The number of aryl methyl sites for hydroxylation is 1. The lowest BCUT2D eigenvalue weighted by Gasteiger charge is -2.36. The fourth-order valence-corrected chi connectivity index (χ4v) is 5.14. The zero-order valence-corrected chi connectivity index (χ0v) is 24.3. The quantitative estimate of drug-likeness (QED) is 0.241. The molecule has 12 heteroatoms. The van der Waals surface area contributed by atoms with Crippen LogP contribution < -0.4 is 10.1 Å². The van der Waals surface area contributed by atoms with Gasteiger partial charge in [0.05, 0.1) is 46.0 Å². The van der Waals surface area contributed by atoms with E-state index in [1.807, 2.05) is 0 Å². The van der Waals surface area contributed by atoms with E-state index < -0.39 is 11.7 Å². The first kappa shape index (κ1) is 29.8. The van der Waals surface area contributed by atoms with E-state index in [-0.39, 0.29) is 22.9 Å². The highest BCUT2D eigenvalue weighted by Gasteiger charge is 2.31. The first-order valence-electron chi connectivity index (χ1n) is 13.7. The molecule has 1 fully saturated rings. The van der Waals surface area contributed by atoms with E-state index in [1.54, 1.807) is 48.1 Å². The Kier molecular flexibility index (Phi) is 8.72. The summed E-state index contributed by atoms with van der Waals surface area (Å²) >= 11 is 6.15. The van der Waals surface area contributed by atoms with Gasteiger partial charge in [-0.1, -0.05) is 11.6 Å². The third-order valence-electron chi connectivity index (χ3n) is 7.33. The second-order valence-electron chi connectivity index (χ2n) is 10.7. The summed E-state index contributed by atoms with van der Waals surface area (Å²) < 4.78 is 47.4. The summed E-state index contributed by atoms with van der Waals surface area (Å²) in [5.74, 6) is 1.46. The minimum atomic E-state index is -4.50. The van der Waals surface area contributed by atoms with Gasteiger partial charge in [0.2, 0.25) is 5.95 Å². The number of carbonyl (C=O) groups excluding carboxylic acids is 1. The maximum absolute atomic E-state index is 13.2. The molecule has 0 atom stereocenters. The van der Waals surface area contributed by atoms with Crippen molar-refractivity contribution >= 4 is 40.1 Å². The van der Waals surface area contributed by atoms with Gasteiger partial charge in [-0.05, 0) is 50.2 Å². The van der Waals surface area contributed by atoms with Crippen LogP contribution in [0.3, 0.4) is 0 Å². The van der Waals surface area contributed by atoms with Crippen molar-refractivity contribution in [2.45, 2.75) is 32.5 Å². The molecule has 3 heterocycles. The molecular weight excluding hydrogens is 569 g/mol. The standard InChI is InChI=1S/C30H32ClF3N6O2/c1-19(2)40-12-10-39(11-13-40)18-22(41)15-21-16-24(8-9-35-21)42-23-5-7-28-27(17-23)37-29(38(28)3)36-26-14-20(30(32,33)34)4-6-25(26)31/h4-9,14,16-17,19H,10-13,15,18H2,1-3H3,(H,36,37). The molecule has 0 saturated carbocycles. The van der Waals surface area contributed by atoms with Crippen molar-refractivity contribution in [3.63, 3.8) is 0 Å². The first-order valence-corrected chi connectivity index (χ1v) is 14.0. The minimum absolute atomic E-state index is 0.0954. The van der Waals surface area contributed by atoms with E-state index in [2.05, 4.69) is 38.9 Å². The lowest BCUT2D eigenvalue weighted by molar-refractivity contribution is -0.137. The summed E-state index contributed by atoms with van der Waals surface area (Å²) in [4.78, 5) is 26.2. The number of fused-ring (bicyclic) bond motifs is 1. The molecule has 1 aliphatic heterocycles. The number of rotatable bonds is 9. The number of aromatic nitrogens is 3. The molecule has 1 saturated heterocycles. The molecule has 1 N–H and O–H groups in total. The average Bonchev–Trinajstić information content (AvgIpc) is 3.23. The molecule has 5 rings (SSSR count). The van der Waals surface area contributed by atoms with E-state index in [1.165, 1.54) is 6.07 Å². The molecule has 0 bridgehead atoms. The summed E-state index contributed by atoms with van der Waals surface area (Å²) in [6.45, 7) is 8.45. The average molecular weight is 601 g/mol. The number of hydrogen-bond donors (Lipinski definition) is 1. The van der Waals surface area contributed by atoms with E-state index in [4.69, 9.17) is 16.3 Å². The smallest absolute Gasteiger partial charge is 0.416 e. The van der Waals surface area contributed by atoms with Crippen LogP contribution >= 0.6 is 11.6 Å². The number of pyridine rings is 1. The molecule has 8 nitrogen and oxygen atoms in total. The number of piperazine rings is 1. The van der Waals surface area contributed by atoms with Crippen molar-refractivity contribution in [1.82, 2.24) is 24.3 Å². The van der Waals surface area contributed by atoms with Gasteiger partial charge in [0, 0.05) is 57.6 Å². The van der Waals surface area contributed by atoms with Crippen LogP contribution in [-0.4, -0.2) is 68.9 Å². The van der Waals surface area contributed by atoms with E-state index >= 15 is 0 Å². The number of ether oxygens (including phenoxy) is 1. The third kappa shape index (κ3) is 7.03. The number of nitrogens with zero attached hydrogens (tertiary/aromatic N) is 5. The Hall–Kier alpha value is -3.67. The number of nitrogens with one attached hydrogen (secondary N) is 1. The molecule has 4 aromatic rings. The summed E-state index contributed by atoms with van der Waals surface area (Å²) in [5, 5.41) is 3.05. The topological polar surface area (TPSA) is 75.5 Å². The zero-order chi connectivity index (χ0) is 30.0. The Balaban J connectivity index is 1.24. The van der Waals surface area contributed by atoms with Gasteiger partial charge in [0.25, 0.3) is 0 Å².